The first-order chi connectivity index (χ1) is 11.7. The summed E-state index contributed by atoms with van der Waals surface area (Å²) >= 11 is 6.70. The Morgan fingerprint density at radius 2 is 2.00 bits per heavy atom. The molecular formula is C16H16Br2N2O5. The van der Waals surface area contributed by atoms with Crippen LogP contribution in [0.5, 0.6) is 0 Å². The summed E-state index contributed by atoms with van der Waals surface area (Å²) in [5.41, 5.74) is 0.890. The zero-order valence-electron chi connectivity index (χ0n) is 13.7. The van der Waals surface area contributed by atoms with Crippen molar-refractivity contribution >= 4 is 49.6 Å². The summed E-state index contributed by atoms with van der Waals surface area (Å²) in [6.45, 7) is 5.27. The highest BCUT2D eigenvalue weighted by atomic mass is 79.9. The third kappa shape index (κ3) is 4.40. The van der Waals surface area contributed by atoms with Crippen LogP contribution in [0.3, 0.4) is 0 Å². The first-order valence-electron chi connectivity index (χ1n) is 7.34. The van der Waals surface area contributed by atoms with Crippen LogP contribution in [0, 0.1) is 13.8 Å². The number of carboxylic acids is 1. The minimum absolute atomic E-state index is 0.0855. The number of halogens is 2. The summed E-state index contributed by atoms with van der Waals surface area (Å²) in [6.07, 6.45) is 0. The Bertz CT molecular complexity index is 819. The molecule has 0 saturated carbocycles. The van der Waals surface area contributed by atoms with Crippen LogP contribution >= 0.6 is 31.9 Å². The summed E-state index contributed by atoms with van der Waals surface area (Å²) < 4.78 is 11.8. The van der Waals surface area contributed by atoms with Crippen LogP contribution in [-0.2, 0) is 9.53 Å². The lowest BCUT2D eigenvalue weighted by Crippen LogP contribution is -2.21. The highest BCUT2D eigenvalue weighted by molar-refractivity contribution is 9.11. The lowest BCUT2D eigenvalue weighted by atomic mass is 10.2. The fourth-order valence-electron chi connectivity index (χ4n) is 2.11. The molecule has 134 valence electrons. The number of esters is 1. The predicted octanol–water partition coefficient (Wildman–Crippen LogP) is 4.23. The molecule has 9 heteroatoms. The van der Waals surface area contributed by atoms with E-state index in [0.717, 1.165) is 4.47 Å². The summed E-state index contributed by atoms with van der Waals surface area (Å²) in [4.78, 5) is 27.9. The molecule has 0 aliphatic carbocycles. The van der Waals surface area contributed by atoms with Gasteiger partial charge in [-0.2, -0.15) is 0 Å². The average molecular weight is 476 g/mol. The number of carbonyl (C=O) groups is 2. The Morgan fingerprint density at radius 3 is 2.60 bits per heavy atom. The number of aryl methyl sites for hydroxylation is 2. The molecule has 0 bridgehead atoms. The fourth-order valence-corrected chi connectivity index (χ4v) is 3.17. The highest BCUT2D eigenvalue weighted by Crippen LogP contribution is 2.30. The number of pyridine rings is 1. The van der Waals surface area contributed by atoms with Crippen LogP contribution in [0.4, 0.5) is 5.82 Å². The van der Waals surface area contributed by atoms with Gasteiger partial charge in [-0.15, -0.1) is 0 Å². The molecule has 0 radical (unpaired) electrons. The normalized spacial score (nSPS) is 11.9. The van der Waals surface area contributed by atoms with Gasteiger partial charge >= 0.3 is 11.9 Å². The van der Waals surface area contributed by atoms with Gasteiger partial charge in [0.05, 0.1) is 16.8 Å². The molecular weight excluding hydrogens is 460 g/mol. The van der Waals surface area contributed by atoms with E-state index in [1.807, 2.05) is 0 Å². The van der Waals surface area contributed by atoms with Crippen LogP contribution in [0.2, 0.25) is 0 Å². The van der Waals surface area contributed by atoms with E-state index in [9.17, 15) is 14.7 Å². The van der Waals surface area contributed by atoms with Crippen molar-refractivity contribution in [2.45, 2.75) is 26.8 Å². The smallest absolute Gasteiger partial charge is 0.341 e. The quantitative estimate of drug-likeness (QED) is 0.602. The molecule has 0 aliphatic heterocycles. The van der Waals surface area contributed by atoms with Gasteiger partial charge in [0, 0.05) is 4.47 Å². The SMILES string of the molecule is CCOC(=O)c1cc(C(Nc2nc(C)c(Br)cc2Br)C(=O)O)oc1C. The number of nitrogens with zero attached hydrogens (tertiary/aromatic N) is 1. The second kappa shape index (κ2) is 8.01. The number of ether oxygens (including phenoxy) is 1. The van der Waals surface area contributed by atoms with Gasteiger partial charge in [0.2, 0.25) is 0 Å². The van der Waals surface area contributed by atoms with Crippen LogP contribution < -0.4 is 5.32 Å². The van der Waals surface area contributed by atoms with Gasteiger partial charge < -0.3 is 19.6 Å². The maximum atomic E-state index is 11.9. The predicted molar refractivity (Wildman–Crippen MR) is 97.8 cm³/mol. The van der Waals surface area contributed by atoms with E-state index in [-0.39, 0.29) is 17.9 Å². The maximum Gasteiger partial charge on any atom is 0.341 e. The van der Waals surface area contributed by atoms with E-state index in [0.29, 0.717) is 21.7 Å². The third-order valence-electron chi connectivity index (χ3n) is 3.35. The van der Waals surface area contributed by atoms with Crippen LogP contribution in [0.25, 0.3) is 0 Å². The van der Waals surface area contributed by atoms with E-state index in [2.05, 4.69) is 42.2 Å². The molecule has 0 fully saturated rings. The summed E-state index contributed by atoms with van der Waals surface area (Å²) in [5, 5.41) is 12.4. The summed E-state index contributed by atoms with van der Waals surface area (Å²) in [6, 6.07) is 1.92. The van der Waals surface area contributed by atoms with Crippen LogP contribution in [-0.4, -0.2) is 28.6 Å². The molecule has 1 atom stereocenters. The minimum atomic E-state index is -1.22. The standard InChI is InChI=1S/C16H16Br2N2O5/c1-4-24-16(23)9-5-12(25-8(9)3)13(15(21)22)20-14-11(18)6-10(17)7(2)19-14/h5-6,13H,4H2,1-3H3,(H,19,20)(H,21,22). The zero-order chi connectivity index (χ0) is 18.7. The lowest BCUT2D eigenvalue weighted by molar-refractivity contribution is -0.138. The number of aliphatic carboxylic acids is 1. The van der Waals surface area contributed by atoms with Crippen molar-refractivity contribution in [1.82, 2.24) is 4.98 Å². The second-order valence-electron chi connectivity index (χ2n) is 5.14. The van der Waals surface area contributed by atoms with Gasteiger partial charge in [0.15, 0.2) is 6.04 Å². The summed E-state index contributed by atoms with van der Waals surface area (Å²) in [5.74, 6) is -1.00. The Kier molecular flexibility index (Phi) is 6.23. The van der Waals surface area contributed by atoms with E-state index in [4.69, 9.17) is 9.15 Å². The molecule has 0 amide bonds. The van der Waals surface area contributed by atoms with Crippen LogP contribution in [0.1, 0.15) is 40.5 Å². The number of hydrogen-bond acceptors (Lipinski definition) is 6. The molecule has 2 rings (SSSR count). The largest absolute Gasteiger partial charge is 0.479 e. The maximum absolute atomic E-state index is 11.9. The number of anilines is 1. The number of carbonyl (C=O) groups excluding carboxylic acids is 1. The Hall–Kier alpha value is -1.87. The van der Waals surface area contributed by atoms with Crippen molar-refractivity contribution in [3.05, 3.63) is 43.9 Å². The Labute approximate surface area is 161 Å². The Morgan fingerprint density at radius 1 is 1.32 bits per heavy atom. The molecule has 1 unspecified atom stereocenters. The van der Waals surface area contributed by atoms with E-state index in [1.54, 1.807) is 26.8 Å². The van der Waals surface area contributed by atoms with Crippen molar-refractivity contribution in [2.75, 3.05) is 11.9 Å². The number of nitrogens with one attached hydrogen (secondary N) is 1. The molecule has 0 saturated heterocycles. The molecule has 2 aromatic rings. The van der Waals surface area contributed by atoms with Crippen LogP contribution in [0.15, 0.2) is 25.5 Å². The highest BCUT2D eigenvalue weighted by Gasteiger charge is 2.28. The summed E-state index contributed by atoms with van der Waals surface area (Å²) in [7, 11) is 0. The first kappa shape index (κ1) is 19.5. The first-order valence-corrected chi connectivity index (χ1v) is 8.92. The minimum Gasteiger partial charge on any atom is -0.479 e. The molecule has 0 spiro atoms. The van der Waals surface area contributed by atoms with Crippen molar-refractivity contribution in [2.24, 2.45) is 0 Å². The number of rotatable bonds is 6. The number of aromatic nitrogens is 1. The van der Waals surface area contributed by atoms with Crippen molar-refractivity contribution in [1.29, 1.82) is 0 Å². The molecule has 25 heavy (non-hydrogen) atoms. The van der Waals surface area contributed by atoms with Crippen molar-refractivity contribution < 1.29 is 23.8 Å². The molecule has 0 aliphatic rings. The monoisotopic (exact) mass is 474 g/mol. The van der Waals surface area contributed by atoms with E-state index in [1.165, 1.54) is 6.07 Å². The lowest BCUT2D eigenvalue weighted by Gasteiger charge is -2.15. The second-order valence-corrected chi connectivity index (χ2v) is 6.85. The van der Waals surface area contributed by atoms with E-state index < -0.39 is 18.0 Å². The fraction of sp³-hybridized carbons (Fsp3) is 0.312. The molecule has 7 nitrogen and oxygen atoms in total. The van der Waals surface area contributed by atoms with E-state index >= 15 is 0 Å². The van der Waals surface area contributed by atoms with Crippen molar-refractivity contribution in [3.8, 4) is 0 Å². The molecule has 2 N–H and O–H groups in total. The van der Waals surface area contributed by atoms with Crippen molar-refractivity contribution in [3.63, 3.8) is 0 Å². The van der Waals surface area contributed by atoms with Gasteiger partial charge in [0.1, 0.15) is 22.9 Å². The van der Waals surface area contributed by atoms with Gasteiger partial charge in [-0.3, -0.25) is 0 Å². The average Bonchev–Trinajstić information content (AvgIpc) is 2.91. The Balaban J connectivity index is 2.37. The van der Waals surface area contributed by atoms with Gasteiger partial charge in [-0.25, -0.2) is 14.6 Å². The zero-order valence-corrected chi connectivity index (χ0v) is 16.9. The number of hydrogen-bond donors (Lipinski definition) is 2. The molecule has 0 aromatic carbocycles. The van der Waals surface area contributed by atoms with Gasteiger partial charge in [-0.05, 0) is 64.8 Å². The molecule has 2 heterocycles. The molecule has 2 aromatic heterocycles. The topological polar surface area (TPSA) is 102 Å². The number of furan rings is 1. The van der Waals surface area contributed by atoms with Gasteiger partial charge in [0.25, 0.3) is 0 Å². The number of carboxylic acid groups (broad SMARTS) is 1. The third-order valence-corrected chi connectivity index (χ3v) is 4.76. The van der Waals surface area contributed by atoms with Gasteiger partial charge in [-0.1, -0.05) is 0 Å².